The fourth-order valence-corrected chi connectivity index (χ4v) is 3.89. The van der Waals surface area contributed by atoms with Crippen molar-refractivity contribution < 1.29 is 4.74 Å². The SMILES string of the molecule is NC1=N[C@]2(CCCc3ccc(-c4cscn4)cc3C2)CO1. The molecule has 0 saturated carbocycles. The Bertz CT molecular complexity index is 696. The van der Waals surface area contributed by atoms with Crippen LogP contribution >= 0.6 is 11.3 Å². The van der Waals surface area contributed by atoms with Gasteiger partial charge in [-0.25, -0.2) is 9.98 Å². The molecule has 1 aromatic heterocycles. The first-order valence-corrected chi connectivity index (χ1v) is 8.17. The van der Waals surface area contributed by atoms with Gasteiger partial charge in [-0.15, -0.1) is 11.3 Å². The maximum Gasteiger partial charge on any atom is 0.282 e. The van der Waals surface area contributed by atoms with Gasteiger partial charge in [0, 0.05) is 17.4 Å². The van der Waals surface area contributed by atoms with E-state index in [1.165, 1.54) is 16.7 Å². The summed E-state index contributed by atoms with van der Waals surface area (Å²) < 4.78 is 5.44. The van der Waals surface area contributed by atoms with Crippen LogP contribution in [0.25, 0.3) is 11.3 Å². The standard InChI is InChI=1S/C16H17N3OS/c17-15-19-16(9-20-15)5-1-2-11-3-4-12(6-13(11)7-16)14-8-21-10-18-14/h3-4,6,8,10H,1-2,5,7,9H2,(H2,17,19)/t16-/m0/s1. The molecule has 1 atom stereocenters. The molecule has 1 aromatic carbocycles. The van der Waals surface area contributed by atoms with E-state index in [-0.39, 0.29) is 5.54 Å². The molecule has 2 aliphatic rings. The van der Waals surface area contributed by atoms with E-state index in [1.807, 2.05) is 5.51 Å². The minimum Gasteiger partial charge on any atom is -0.463 e. The van der Waals surface area contributed by atoms with Gasteiger partial charge in [-0.05, 0) is 36.5 Å². The van der Waals surface area contributed by atoms with Gasteiger partial charge >= 0.3 is 0 Å². The number of amidine groups is 1. The topological polar surface area (TPSA) is 60.5 Å². The lowest BCUT2D eigenvalue weighted by Gasteiger charge is -2.22. The zero-order valence-corrected chi connectivity index (χ0v) is 12.5. The van der Waals surface area contributed by atoms with Crippen molar-refractivity contribution >= 4 is 17.4 Å². The van der Waals surface area contributed by atoms with Crippen LogP contribution in [-0.2, 0) is 17.6 Å². The van der Waals surface area contributed by atoms with Crippen LogP contribution in [0.2, 0.25) is 0 Å². The Morgan fingerprint density at radius 1 is 1.29 bits per heavy atom. The van der Waals surface area contributed by atoms with E-state index in [0.29, 0.717) is 12.6 Å². The molecule has 108 valence electrons. The second-order valence-corrected chi connectivity index (χ2v) is 6.57. The number of aliphatic imine (C=N–C) groups is 1. The van der Waals surface area contributed by atoms with Crippen LogP contribution in [0.4, 0.5) is 0 Å². The van der Waals surface area contributed by atoms with Gasteiger partial charge in [0.2, 0.25) is 0 Å². The molecule has 0 bridgehead atoms. The summed E-state index contributed by atoms with van der Waals surface area (Å²) in [5.74, 6) is 0. The molecule has 1 aliphatic heterocycles. The van der Waals surface area contributed by atoms with Crippen LogP contribution in [0.5, 0.6) is 0 Å². The molecular formula is C16H17N3OS. The average molecular weight is 299 g/mol. The van der Waals surface area contributed by atoms with E-state index in [9.17, 15) is 0 Å². The third-order valence-electron chi connectivity index (χ3n) is 4.38. The predicted octanol–water partition coefficient (Wildman–Crippen LogP) is 2.77. The number of aromatic nitrogens is 1. The molecule has 1 spiro atoms. The minimum atomic E-state index is -0.157. The third kappa shape index (κ3) is 2.31. The predicted molar refractivity (Wildman–Crippen MR) is 84.5 cm³/mol. The van der Waals surface area contributed by atoms with Gasteiger partial charge < -0.3 is 10.5 Å². The molecule has 0 fully saturated rings. The molecular weight excluding hydrogens is 282 g/mol. The van der Waals surface area contributed by atoms with E-state index in [0.717, 1.165) is 31.4 Å². The fourth-order valence-electron chi connectivity index (χ4n) is 3.32. The summed E-state index contributed by atoms with van der Waals surface area (Å²) >= 11 is 1.63. The number of benzene rings is 1. The van der Waals surface area contributed by atoms with Gasteiger partial charge in [-0.3, -0.25) is 0 Å². The van der Waals surface area contributed by atoms with Crippen molar-refractivity contribution in [1.29, 1.82) is 0 Å². The van der Waals surface area contributed by atoms with E-state index >= 15 is 0 Å². The van der Waals surface area contributed by atoms with Gasteiger partial charge in [0.15, 0.2) is 0 Å². The molecule has 2 aromatic rings. The van der Waals surface area contributed by atoms with Gasteiger partial charge in [-0.1, -0.05) is 12.1 Å². The Labute approximate surface area is 127 Å². The number of ether oxygens (including phenoxy) is 1. The zero-order valence-electron chi connectivity index (χ0n) is 11.7. The number of aryl methyl sites for hydroxylation is 1. The van der Waals surface area contributed by atoms with E-state index in [2.05, 4.69) is 33.6 Å². The molecule has 0 unspecified atom stereocenters. The fraction of sp³-hybridized carbons (Fsp3) is 0.375. The number of rotatable bonds is 1. The van der Waals surface area contributed by atoms with Crippen molar-refractivity contribution in [2.75, 3.05) is 6.61 Å². The number of hydrogen-bond acceptors (Lipinski definition) is 5. The Kier molecular flexibility index (Phi) is 2.96. The Morgan fingerprint density at radius 3 is 3.00 bits per heavy atom. The van der Waals surface area contributed by atoms with Gasteiger partial charge in [-0.2, -0.15) is 0 Å². The van der Waals surface area contributed by atoms with Crippen LogP contribution < -0.4 is 5.73 Å². The molecule has 0 amide bonds. The van der Waals surface area contributed by atoms with Crippen LogP contribution in [-0.4, -0.2) is 23.2 Å². The van der Waals surface area contributed by atoms with Crippen molar-refractivity contribution in [2.24, 2.45) is 10.7 Å². The largest absolute Gasteiger partial charge is 0.463 e. The highest BCUT2D eigenvalue weighted by atomic mass is 32.1. The number of nitrogens with two attached hydrogens (primary N) is 1. The molecule has 2 heterocycles. The zero-order chi connectivity index (χ0) is 14.3. The van der Waals surface area contributed by atoms with Crippen molar-refractivity contribution in [2.45, 2.75) is 31.2 Å². The number of fused-ring (bicyclic) bond motifs is 1. The number of thiazole rings is 1. The van der Waals surface area contributed by atoms with Gasteiger partial charge in [0.25, 0.3) is 6.02 Å². The van der Waals surface area contributed by atoms with Gasteiger partial charge in [0.05, 0.1) is 11.2 Å². The van der Waals surface area contributed by atoms with Crippen LogP contribution in [0.1, 0.15) is 24.0 Å². The summed E-state index contributed by atoms with van der Waals surface area (Å²) in [5.41, 5.74) is 12.5. The quantitative estimate of drug-likeness (QED) is 0.881. The first kappa shape index (κ1) is 12.8. The van der Waals surface area contributed by atoms with Crippen LogP contribution in [0, 0.1) is 0 Å². The summed E-state index contributed by atoms with van der Waals surface area (Å²) in [7, 11) is 0. The van der Waals surface area contributed by atoms with Gasteiger partial charge in [0.1, 0.15) is 12.1 Å². The highest BCUT2D eigenvalue weighted by molar-refractivity contribution is 7.07. The second-order valence-electron chi connectivity index (χ2n) is 5.85. The molecule has 21 heavy (non-hydrogen) atoms. The molecule has 5 heteroatoms. The number of hydrogen-bond donors (Lipinski definition) is 1. The maximum absolute atomic E-state index is 5.74. The summed E-state index contributed by atoms with van der Waals surface area (Å²) in [6, 6.07) is 7.02. The molecule has 2 N–H and O–H groups in total. The summed E-state index contributed by atoms with van der Waals surface area (Å²) in [6.45, 7) is 0.610. The summed E-state index contributed by atoms with van der Waals surface area (Å²) in [5, 5.41) is 2.09. The molecule has 1 aliphatic carbocycles. The minimum absolute atomic E-state index is 0.157. The van der Waals surface area contributed by atoms with Crippen molar-refractivity contribution in [3.63, 3.8) is 0 Å². The Hall–Kier alpha value is -1.88. The monoisotopic (exact) mass is 299 g/mol. The third-order valence-corrected chi connectivity index (χ3v) is 4.96. The highest BCUT2D eigenvalue weighted by Crippen LogP contribution is 2.35. The van der Waals surface area contributed by atoms with Crippen molar-refractivity contribution in [3.05, 3.63) is 40.2 Å². The first-order valence-electron chi connectivity index (χ1n) is 7.23. The lowest BCUT2D eigenvalue weighted by atomic mass is 9.89. The summed E-state index contributed by atoms with van der Waals surface area (Å²) in [6.07, 6.45) is 4.17. The second kappa shape index (κ2) is 4.84. The molecule has 4 rings (SSSR count). The van der Waals surface area contributed by atoms with E-state index in [4.69, 9.17) is 10.5 Å². The van der Waals surface area contributed by atoms with E-state index < -0.39 is 0 Å². The van der Waals surface area contributed by atoms with Crippen LogP contribution in [0.3, 0.4) is 0 Å². The molecule has 0 saturated heterocycles. The normalized spacial score (nSPS) is 24.3. The van der Waals surface area contributed by atoms with Crippen LogP contribution in [0.15, 0.2) is 34.1 Å². The van der Waals surface area contributed by atoms with Crippen molar-refractivity contribution in [1.82, 2.24) is 4.98 Å². The summed E-state index contributed by atoms with van der Waals surface area (Å²) in [4.78, 5) is 9.00. The highest BCUT2D eigenvalue weighted by Gasteiger charge is 2.37. The lowest BCUT2D eigenvalue weighted by Crippen LogP contribution is -2.30. The molecule has 4 nitrogen and oxygen atoms in total. The first-order chi connectivity index (χ1) is 10.2. The smallest absolute Gasteiger partial charge is 0.282 e. The number of nitrogens with zero attached hydrogens (tertiary/aromatic N) is 2. The Morgan fingerprint density at radius 2 is 2.24 bits per heavy atom. The molecule has 0 radical (unpaired) electrons. The maximum atomic E-state index is 5.74. The van der Waals surface area contributed by atoms with E-state index in [1.54, 1.807) is 11.3 Å². The average Bonchev–Trinajstić information content (AvgIpc) is 3.07. The Balaban J connectivity index is 1.73. The lowest BCUT2D eigenvalue weighted by molar-refractivity contribution is 0.241. The van der Waals surface area contributed by atoms with Crippen molar-refractivity contribution in [3.8, 4) is 11.3 Å².